The molecule has 6 heteroatoms. The van der Waals surface area contributed by atoms with Gasteiger partial charge in [-0.3, -0.25) is 9.59 Å². The fraction of sp³-hybridized carbons (Fsp3) is 0.176. The Bertz CT molecular complexity index is 1580. The van der Waals surface area contributed by atoms with Crippen molar-refractivity contribution in [1.82, 2.24) is 4.90 Å². The molecule has 1 saturated heterocycles. The number of rotatable bonds is 7. The highest BCUT2D eigenvalue weighted by molar-refractivity contribution is 6.46. The molecule has 200 valence electrons. The zero-order chi connectivity index (χ0) is 27.6. The molecular weight excluding hydrogens is 502 g/mol. The number of aliphatic hydroxyl groups is 1. The SMILES string of the molecule is C[C@@H]1Cc2cc(/C(O)=C3\C(=O)C(=O)N(Cc4ccccc4)[C@@H]3c3ccc(OCc4ccccc4)cc3)ccc2O1. The van der Waals surface area contributed by atoms with Crippen molar-refractivity contribution in [3.05, 3.63) is 137 Å². The van der Waals surface area contributed by atoms with Gasteiger partial charge in [0.2, 0.25) is 0 Å². The van der Waals surface area contributed by atoms with Crippen molar-refractivity contribution in [2.45, 2.75) is 38.6 Å². The summed E-state index contributed by atoms with van der Waals surface area (Å²) in [6.07, 6.45) is 0.763. The third-order valence-corrected chi connectivity index (χ3v) is 7.35. The van der Waals surface area contributed by atoms with Gasteiger partial charge in [-0.2, -0.15) is 0 Å². The smallest absolute Gasteiger partial charge is 0.295 e. The Morgan fingerprint density at radius 2 is 1.57 bits per heavy atom. The Balaban J connectivity index is 1.37. The molecule has 2 aliphatic rings. The minimum absolute atomic E-state index is 0.0477. The molecule has 40 heavy (non-hydrogen) atoms. The van der Waals surface area contributed by atoms with Crippen LogP contribution in [-0.2, 0) is 29.2 Å². The van der Waals surface area contributed by atoms with Crippen molar-refractivity contribution in [2.75, 3.05) is 0 Å². The predicted molar refractivity (Wildman–Crippen MR) is 152 cm³/mol. The molecule has 2 heterocycles. The number of aliphatic hydroxyl groups excluding tert-OH is 1. The van der Waals surface area contributed by atoms with Gasteiger partial charge in [0.1, 0.15) is 30.0 Å². The van der Waals surface area contributed by atoms with Crippen molar-refractivity contribution >= 4 is 17.4 Å². The first-order valence-electron chi connectivity index (χ1n) is 13.4. The maximum Gasteiger partial charge on any atom is 0.295 e. The van der Waals surface area contributed by atoms with E-state index in [0.717, 1.165) is 22.4 Å². The number of likely N-dealkylation sites (tertiary alicyclic amines) is 1. The fourth-order valence-electron chi connectivity index (χ4n) is 5.38. The van der Waals surface area contributed by atoms with Gasteiger partial charge in [0.15, 0.2) is 0 Å². The summed E-state index contributed by atoms with van der Waals surface area (Å²) >= 11 is 0. The standard InChI is InChI=1S/C34H29NO5/c1-22-18-27-19-26(14-17-29(27)40-22)32(36)30-31(35(34(38)33(30)37)20-23-8-4-2-5-9-23)25-12-15-28(16-13-25)39-21-24-10-6-3-7-11-24/h2-17,19,22,31,36H,18,20-21H2,1H3/b32-30+/t22-,31-/m1/s1. The van der Waals surface area contributed by atoms with E-state index >= 15 is 0 Å². The number of amides is 1. The number of hydrogen-bond donors (Lipinski definition) is 1. The summed E-state index contributed by atoms with van der Waals surface area (Å²) in [4.78, 5) is 28.4. The van der Waals surface area contributed by atoms with E-state index in [1.165, 1.54) is 4.90 Å². The highest BCUT2D eigenvalue weighted by atomic mass is 16.5. The van der Waals surface area contributed by atoms with E-state index in [4.69, 9.17) is 9.47 Å². The van der Waals surface area contributed by atoms with Crippen LogP contribution in [0.5, 0.6) is 11.5 Å². The van der Waals surface area contributed by atoms with E-state index in [0.29, 0.717) is 29.9 Å². The Morgan fingerprint density at radius 3 is 2.27 bits per heavy atom. The molecule has 0 aromatic heterocycles. The third-order valence-electron chi connectivity index (χ3n) is 7.35. The summed E-state index contributed by atoms with van der Waals surface area (Å²) in [6, 6.07) is 31.4. The molecule has 2 aliphatic heterocycles. The van der Waals surface area contributed by atoms with Crippen LogP contribution in [0.15, 0.2) is 109 Å². The van der Waals surface area contributed by atoms with Gasteiger partial charge in [0.05, 0.1) is 11.6 Å². The predicted octanol–water partition coefficient (Wildman–Crippen LogP) is 6.21. The van der Waals surface area contributed by atoms with Gasteiger partial charge in [0, 0.05) is 18.5 Å². The number of ether oxygens (including phenoxy) is 2. The Hall–Kier alpha value is -4.84. The lowest BCUT2D eigenvalue weighted by Crippen LogP contribution is -2.29. The maximum absolute atomic E-state index is 13.5. The van der Waals surface area contributed by atoms with Gasteiger partial charge >= 0.3 is 0 Å². The van der Waals surface area contributed by atoms with Crippen LogP contribution in [0.2, 0.25) is 0 Å². The molecule has 2 atom stereocenters. The first-order valence-corrected chi connectivity index (χ1v) is 13.4. The van der Waals surface area contributed by atoms with Crippen molar-refractivity contribution < 1.29 is 24.2 Å². The lowest BCUT2D eigenvalue weighted by Gasteiger charge is -2.25. The molecule has 4 aromatic carbocycles. The summed E-state index contributed by atoms with van der Waals surface area (Å²) in [7, 11) is 0. The molecule has 6 nitrogen and oxygen atoms in total. The topological polar surface area (TPSA) is 76.1 Å². The number of nitrogens with zero attached hydrogens (tertiary/aromatic N) is 1. The molecule has 1 N–H and O–H groups in total. The minimum Gasteiger partial charge on any atom is -0.507 e. The molecule has 4 aromatic rings. The lowest BCUT2D eigenvalue weighted by molar-refractivity contribution is -0.140. The van der Waals surface area contributed by atoms with E-state index in [9.17, 15) is 14.7 Å². The van der Waals surface area contributed by atoms with Crippen LogP contribution in [0.4, 0.5) is 0 Å². The van der Waals surface area contributed by atoms with E-state index < -0.39 is 17.7 Å². The van der Waals surface area contributed by atoms with E-state index in [-0.39, 0.29) is 24.0 Å². The van der Waals surface area contributed by atoms with Crippen LogP contribution >= 0.6 is 0 Å². The summed E-state index contributed by atoms with van der Waals surface area (Å²) in [5.41, 5.74) is 4.18. The van der Waals surface area contributed by atoms with E-state index in [2.05, 4.69) is 0 Å². The van der Waals surface area contributed by atoms with Gasteiger partial charge in [-0.15, -0.1) is 0 Å². The monoisotopic (exact) mass is 531 g/mol. The summed E-state index contributed by atoms with van der Waals surface area (Å²) in [6.45, 7) is 2.64. The molecule has 0 spiro atoms. The van der Waals surface area contributed by atoms with Crippen LogP contribution in [0.3, 0.4) is 0 Å². The Morgan fingerprint density at radius 1 is 0.900 bits per heavy atom. The van der Waals surface area contributed by atoms with Crippen LogP contribution in [0.25, 0.3) is 5.76 Å². The molecular formula is C34H29NO5. The summed E-state index contributed by atoms with van der Waals surface area (Å²) in [5.74, 6) is -0.0897. The van der Waals surface area contributed by atoms with E-state index in [1.54, 1.807) is 6.07 Å². The molecule has 1 fully saturated rings. The fourth-order valence-corrected chi connectivity index (χ4v) is 5.38. The van der Waals surface area contributed by atoms with Crippen molar-refractivity contribution in [3.8, 4) is 11.5 Å². The lowest BCUT2D eigenvalue weighted by atomic mass is 9.94. The average Bonchev–Trinajstić information content (AvgIpc) is 3.48. The van der Waals surface area contributed by atoms with Gasteiger partial charge in [0.25, 0.3) is 11.7 Å². The van der Waals surface area contributed by atoms with Crippen LogP contribution in [0, 0.1) is 0 Å². The third kappa shape index (κ3) is 4.96. The number of Topliss-reactive ketones (excluding diaryl/α,β-unsaturated/α-hetero) is 1. The molecule has 0 saturated carbocycles. The summed E-state index contributed by atoms with van der Waals surface area (Å²) < 4.78 is 11.7. The van der Waals surface area contributed by atoms with Gasteiger partial charge < -0.3 is 19.5 Å². The van der Waals surface area contributed by atoms with Crippen LogP contribution < -0.4 is 9.47 Å². The number of fused-ring (bicyclic) bond motifs is 1. The zero-order valence-electron chi connectivity index (χ0n) is 22.1. The van der Waals surface area contributed by atoms with Gasteiger partial charge in [-0.1, -0.05) is 72.8 Å². The van der Waals surface area contributed by atoms with Gasteiger partial charge in [-0.25, -0.2) is 0 Å². The maximum atomic E-state index is 13.5. The largest absolute Gasteiger partial charge is 0.507 e. The van der Waals surface area contributed by atoms with Crippen molar-refractivity contribution in [2.24, 2.45) is 0 Å². The van der Waals surface area contributed by atoms with Crippen molar-refractivity contribution in [1.29, 1.82) is 0 Å². The average molecular weight is 532 g/mol. The second-order valence-corrected chi connectivity index (χ2v) is 10.2. The highest BCUT2D eigenvalue weighted by Gasteiger charge is 2.46. The van der Waals surface area contributed by atoms with Crippen LogP contribution in [0.1, 0.15) is 40.8 Å². The minimum atomic E-state index is -0.758. The van der Waals surface area contributed by atoms with Crippen molar-refractivity contribution in [3.63, 3.8) is 0 Å². The molecule has 0 radical (unpaired) electrons. The number of hydrogen-bond acceptors (Lipinski definition) is 5. The number of carbonyl (C=O) groups excluding carboxylic acids is 2. The number of benzene rings is 4. The second kappa shape index (κ2) is 10.7. The second-order valence-electron chi connectivity index (χ2n) is 10.2. The quantitative estimate of drug-likeness (QED) is 0.174. The number of carbonyl (C=O) groups is 2. The first-order chi connectivity index (χ1) is 19.5. The number of ketones is 1. The van der Waals surface area contributed by atoms with Gasteiger partial charge in [-0.05, 0) is 59.5 Å². The van der Waals surface area contributed by atoms with E-state index in [1.807, 2.05) is 104 Å². The normalized spacial score (nSPS) is 19.4. The molecule has 0 unspecified atom stereocenters. The first kappa shape index (κ1) is 25.4. The Labute approximate surface area is 233 Å². The highest BCUT2D eigenvalue weighted by Crippen LogP contribution is 2.41. The molecule has 1 amide bonds. The Kier molecular flexibility index (Phi) is 6.83. The molecule has 0 bridgehead atoms. The van der Waals surface area contributed by atoms with Crippen LogP contribution in [-0.4, -0.2) is 27.8 Å². The zero-order valence-corrected chi connectivity index (χ0v) is 22.1. The summed E-state index contributed by atoms with van der Waals surface area (Å²) in [5, 5.41) is 11.5. The molecule has 6 rings (SSSR count). The molecule has 0 aliphatic carbocycles.